The lowest BCUT2D eigenvalue weighted by Gasteiger charge is -2.37. The molecule has 1 saturated heterocycles. The molecule has 1 fully saturated rings. The van der Waals surface area contributed by atoms with E-state index in [9.17, 15) is 13.2 Å². The first-order valence-corrected chi connectivity index (χ1v) is 12.0. The Labute approximate surface area is 179 Å². The predicted octanol–water partition coefficient (Wildman–Crippen LogP) is 1.79. The number of imidazole rings is 1. The van der Waals surface area contributed by atoms with Gasteiger partial charge in [-0.15, -0.1) is 0 Å². The van der Waals surface area contributed by atoms with E-state index in [1.54, 1.807) is 18.2 Å². The molecule has 1 aromatic carbocycles. The lowest BCUT2D eigenvalue weighted by Crippen LogP contribution is -2.50. The molecule has 0 radical (unpaired) electrons. The zero-order chi connectivity index (χ0) is 22.1. The van der Waals surface area contributed by atoms with E-state index in [1.807, 2.05) is 11.8 Å². The first-order chi connectivity index (χ1) is 14.1. The summed E-state index contributed by atoms with van der Waals surface area (Å²) < 4.78 is 28.1. The van der Waals surface area contributed by atoms with Crippen molar-refractivity contribution >= 4 is 27.0 Å². The summed E-state index contributed by atoms with van der Waals surface area (Å²) in [5.41, 5.74) is 1.54. The van der Waals surface area contributed by atoms with E-state index in [0.717, 1.165) is 37.5 Å². The molecule has 0 N–H and O–H groups in total. The van der Waals surface area contributed by atoms with Crippen molar-refractivity contribution in [1.29, 1.82) is 0 Å². The zero-order valence-electron chi connectivity index (χ0n) is 18.6. The topological polar surface area (TPSA) is 78.8 Å². The number of aryl methyl sites for hydroxylation is 2. The van der Waals surface area contributed by atoms with E-state index in [2.05, 4.69) is 28.3 Å². The molecule has 2 aromatic rings. The molecule has 0 bridgehead atoms. The second-order valence-electron chi connectivity index (χ2n) is 8.22. The average molecular weight is 436 g/mol. The van der Waals surface area contributed by atoms with Crippen molar-refractivity contribution in [1.82, 2.24) is 23.7 Å². The Kier molecular flexibility index (Phi) is 6.84. The molecule has 0 unspecified atom stereocenters. The van der Waals surface area contributed by atoms with E-state index in [-0.39, 0.29) is 10.8 Å². The van der Waals surface area contributed by atoms with E-state index < -0.39 is 10.0 Å². The SMILES string of the molecule is CCn1c(CCC(=O)N2CCN(C(C)C)CC2)nc2cc(S(=O)(=O)N(C)C)ccc21. The van der Waals surface area contributed by atoms with Crippen molar-refractivity contribution in [3.8, 4) is 0 Å². The van der Waals surface area contributed by atoms with Gasteiger partial charge in [-0.3, -0.25) is 9.69 Å². The third-order valence-electron chi connectivity index (χ3n) is 5.85. The predicted molar refractivity (Wildman–Crippen MR) is 118 cm³/mol. The number of sulfonamides is 1. The van der Waals surface area contributed by atoms with Crippen LogP contribution in [-0.4, -0.2) is 84.3 Å². The van der Waals surface area contributed by atoms with Crippen LogP contribution >= 0.6 is 0 Å². The summed E-state index contributed by atoms with van der Waals surface area (Å²) in [6.45, 7) is 10.5. The fourth-order valence-corrected chi connectivity index (χ4v) is 4.86. The maximum absolute atomic E-state index is 12.7. The minimum Gasteiger partial charge on any atom is -0.340 e. The van der Waals surface area contributed by atoms with Gasteiger partial charge in [0.2, 0.25) is 15.9 Å². The fourth-order valence-electron chi connectivity index (χ4n) is 3.94. The number of fused-ring (bicyclic) bond motifs is 1. The van der Waals surface area contributed by atoms with Gasteiger partial charge < -0.3 is 9.47 Å². The van der Waals surface area contributed by atoms with Crippen LogP contribution in [0, 0.1) is 0 Å². The van der Waals surface area contributed by atoms with Crippen LogP contribution < -0.4 is 0 Å². The lowest BCUT2D eigenvalue weighted by molar-refractivity contribution is -0.133. The van der Waals surface area contributed by atoms with Crippen molar-refractivity contribution in [2.24, 2.45) is 0 Å². The van der Waals surface area contributed by atoms with E-state index in [0.29, 0.717) is 30.9 Å². The van der Waals surface area contributed by atoms with E-state index in [4.69, 9.17) is 0 Å². The van der Waals surface area contributed by atoms with Crippen LogP contribution in [0.4, 0.5) is 0 Å². The number of carbonyl (C=O) groups excluding carboxylic acids is 1. The Morgan fingerprint density at radius 2 is 1.83 bits per heavy atom. The number of benzene rings is 1. The molecule has 8 nitrogen and oxygen atoms in total. The quantitative estimate of drug-likeness (QED) is 0.663. The van der Waals surface area contributed by atoms with Gasteiger partial charge in [-0.25, -0.2) is 17.7 Å². The Morgan fingerprint density at radius 1 is 1.17 bits per heavy atom. The van der Waals surface area contributed by atoms with Gasteiger partial charge in [0.05, 0.1) is 15.9 Å². The molecule has 0 saturated carbocycles. The van der Waals surface area contributed by atoms with Crippen molar-refractivity contribution in [3.63, 3.8) is 0 Å². The number of carbonyl (C=O) groups is 1. The molecule has 1 aliphatic heterocycles. The van der Waals surface area contributed by atoms with Crippen LogP contribution in [-0.2, 0) is 27.8 Å². The summed E-state index contributed by atoms with van der Waals surface area (Å²) in [6, 6.07) is 5.55. The molecule has 166 valence electrons. The average Bonchev–Trinajstić information content (AvgIpc) is 3.08. The number of amides is 1. The van der Waals surface area contributed by atoms with Crippen LogP contribution in [0.3, 0.4) is 0 Å². The minimum atomic E-state index is -3.51. The van der Waals surface area contributed by atoms with Gasteiger partial charge in [0.15, 0.2) is 0 Å². The molecule has 9 heteroatoms. The first-order valence-electron chi connectivity index (χ1n) is 10.6. The highest BCUT2D eigenvalue weighted by Gasteiger charge is 2.23. The van der Waals surface area contributed by atoms with Crippen molar-refractivity contribution in [2.45, 2.75) is 51.1 Å². The van der Waals surface area contributed by atoms with Gasteiger partial charge in [0.25, 0.3) is 0 Å². The van der Waals surface area contributed by atoms with Gasteiger partial charge in [0, 0.05) is 65.7 Å². The minimum absolute atomic E-state index is 0.156. The molecule has 30 heavy (non-hydrogen) atoms. The van der Waals surface area contributed by atoms with Gasteiger partial charge in [0.1, 0.15) is 5.82 Å². The standard InChI is InChI=1S/C21H33N5O3S/c1-6-26-19-8-7-17(30(28,29)23(4)5)15-18(19)22-20(26)9-10-21(27)25-13-11-24(12-14-25)16(2)3/h7-8,15-16H,6,9-14H2,1-5H3. The third-order valence-corrected chi connectivity index (χ3v) is 7.66. The number of hydrogen-bond donors (Lipinski definition) is 0. The molecule has 1 aromatic heterocycles. The van der Waals surface area contributed by atoms with Gasteiger partial charge in [-0.05, 0) is 39.0 Å². The first kappa shape index (κ1) is 22.7. The monoisotopic (exact) mass is 435 g/mol. The lowest BCUT2D eigenvalue weighted by atomic mass is 10.2. The Morgan fingerprint density at radius 3 is 2.40 bits per heavy atom. The molecular weight excluding hydrogens is 402 g/mol. The summed E-state index contributed by atoms with van der Waals surface area (Å²) in [6.07, 6.45) is 0.954. The highest BCUT2D eigenvalue weighted by molar-refractivity contribution is 7.89. The van der Waals surface area contributed by atoms with Crippen molar-refractivity contribution in [2.75, 3.05) is 40.3 Å². The maximum Gasteiger partial charge on any atom is 0.242 e. The molecule has 3 rings (SSSR count). The molecule has 2 heterocycles. The molecular formula is C21H33N5O3S. The molecule has 0 aliphatic carbocycles. The van der Waals surface area contributed by atoms with Crippen molar-refractivity contribution in [3.05, 3.63) is 24.0 Å². The normalized spacial score (nSPS) is 16.2. The van der Waals surface area contributed by atoms with Crippen LogP contribution in [0.2, 0.25) is 0 Å². The van der Waals surface area contributed by atoms with Crippen LogP contribution in [0.5, 0.6) is 0 Å². The number of hydrogen-bond acceptors (Lipinski definition) is 5. The Hall–Kier alpha value is -1.97. The van der Waals surface area contributed by atoms with Gasteiger partial charge in [-0.1, -0.05) is 0 Å². The fraction of sp³-hybridized carbons (Fsp3) is 0.619. The van der Waals surface area contributed by atoms with Crippen LogP contribution in [0.15, 0.2) is 23.1 Å². The largest absolute Gasteiger partial charge is 0.340 e. The molecule has 0 atom stereocenters. The Bertz CT molecular complexity index is 1010. The molecule has 1 amide bonds. The summed E-state index contributed by atoms with van der Waals surface area (Å²) >= 11 is 0. The second-order valence-corrected chi connectivity index (χ2v) is 10.4. The van der Waals surface area contributed by atoms with Crippen molar-refractivity contribution < 1.29 is 13.2 Å². The number of piperazine rings is 1. The Balaban J connectivity index is 1.74. The van der Waals surface area contributed by atoms with Gasteiger partial charge in [-0.2, -0.15) is 0 Å². The second kappa shape index (κ2) is 9.03. The third kappa shape index (κ3) is 4.53. The van der Waals surface area contributed by atoms with Crippen LogP contribution in [0.1, 0.15) is 33.0 Å². The highest BCUT2D eigenvalue weighted by Crippen LogP contribution is 2.23. The highest BCUT2D eigenvalue weighted by atomic mass is 32.2. The number of rotatable bonds is 7. The zero-order valence-corrected chi connectivity index (χ0v) is 19.4. The van der Waals surface area contributed by atoms with Gasteiger partial charge >= 0.3 is 0 Å². The van der Waals surface area contributed by atoms with Crippen LogP contribution in [0.25, 0.3) is 11.0 Å². The summed E-state index contributed by atoms with van der Waals surface area (Å²) in [4.78, 5) is 21.9. The number of nitrogens with zero attached hydrogens (tertiary/aromatic N) is 5. The number of aromatic nitrogens is 2. The molecule has 1 aliphatic rings. The van der Waals surface area contributed by atoms with E-state index in [1.165, 1.54) is 18.4 Å². The smallest absolute Gasteiger partial charge is 0.242 e. The summed E-state index contributed by atoms with van der Waals surface area (Å²) in [7, 11) is -0.478. The molecule has 0 spiro atoms. The summed E-state index contributed by atoms with van der Waals surface area (Å²) in [5, 5.41) is 0. The van der Waals surface area contributed by atoms with E-state index >= 15 is 0 Å². The maximum atomic E-state index is 12.7. The summed E-state index contributed by atoms with van der Waals surface area (Å²) in [5.74, 6) is 0.977.